The molecule has 0 bridgehead atoms. The maximum Gasteiger partial charge on any atom is 0.254 e. The van der Waals surface area contributed by atoms with E-state index in [0.29, 0.717) is 11.5 Å². The van der Waals surface area contributed by atoms with Crippen LogP contribution in [0.4, 0.5) is 0 Å². The molecule has 0 spiro atoms. The van der Waals surface area contributed by atoms with E-state index >= 15 is 0 Å². The minimum absolute atomic E-state index is 0.0104. The Balaban J connectivity index is 1.46. The average Bonchev–Trinajstić information content (AvgIpc) is 2.73. The van der Waals surface area contributed by atoms with Gasteiger partial charge in [0.2, 0.25) is 0 Å². The molecule has 1 aromatic heterocycles. The summed E-state index contributed by atoms with van der Waals surface area (Å²) >= 11 is 3.32. The Hall–Kier alpha value is -1.50. The molecule has 1 fully saturated rings. The third-order valence-electron chi connectivity index (χ3n) is 5.05. The summed E-state index contributed by atoms with van der Waals surface area (Å²) < 4.78 is 0. The predicted molar refractivity (Wildman–Crippen MR) is 115 cm³/mol. The summed E-state index contributed by atoms with van der Waals surface area (Å²) in [7, 11) is 0. The number of pyridine rings is 1. The number of carbonyl (C=O) groups is 1. The lowest BCUT2D eigenvalue weighted by Crippen LogP contribution is -2.38. The number of nitrogens with zero attached hydrogens (tertiary/aromatic N) is 2. The van der Waals surface area contributed by atoms with Crippen LogP contribution in [0, 0.1) is 5.92 Å². The standard InChI is InChI=1S/C21H27N3OS2/c1-26-19-8-4-3-6-17(19)15-24-12-9-16(10-13-24)14-23-20(25)18-7-5-11-22-21(18)27-2/h3-8,11,16H,9-10,12-15H2,1-2H3,(H,23,25). The van der Waals surface area contributed by atoms with E-state index in [-0.39, 0.29) is 5.91 Å². The molecule has 1 saturated heterocycles. The first-order valence-electron chi connectivity index (χ1n) is 9.32. The fourth-order valence-electron chi connectivity index (χ4n) is 3.48. The summed E-state index contributed by atoms with van der Waals surface area (Å²) in [5, 5.41) is 3.90. The van der Waals surface area contributed by atoms with Gasteiger partial charge in [-0.25, -0.2) is 4.98 Å². The van der Waals surface area contributed by atoms with Crippen LogP contribution in [0.15, 0.2) is 52.5 Å². The number of piperidine rings is 1. The van der Waals surface area contributed by atoms with E-state index in [4.69, 9.17) is 0 Å². The van der Waals surface area contributed by atoms with Crippen LogP contribution in [0.2, 0.25) is 0 Å². The molecule has 1 N–H and O–H groups in total. The third-order valence-corrected chi connectivity index (χ3v) is 6.60. The molecule has 1 aliphatic heterocycles. The lowest BCUT2D eigenvalue weighted by Gasteiger charge is -2.32. The molecule has 1 aromatic carbocycles. The topological polar surface area (TPSA) is 45.2 Å². The van der Waals surface area contributed by atoms with Crippen molar-refractivity contribution >= 4 is 29.4 Å². The van der Waals surface area contributed by atoms with Gasteiger partial charge in [-0.1, -0.05) is 18.2 Å². The van der Waals surface area contributed by atoms with E-state index < -0.39 is 0 Å². The Morgan fingerprint density at radius 3 is 2.67 bits per heavy atom. The van der Waals surface area contributed by atoms with Crippen molar-refractivity contribution < 1.29 is 4.79 Å². The van der Waals surface area contributed by atoms with Crippen LogP contribution in [-0.4, -0.2) is 47.9 Å². The van der Waals surface area contributed by atoms with Crippen LogP contribution in [0.25, 0.3) is 0 Å². The van der Waals surface area contributed by atoms with Gasteiger partial charge in [-0.3, -0.25) is 9.69 Å². The van der Waals surface area contributed by atoms with Crippen LogP contribution in [0.3, 0.4) is 0 Å². The second-order valence-electron chi connectivity index (χ2n) is 6.80. The molecule has 2 aromatic rings. The first kappa shape index (κ1) is 20.2. The summed E-state index contributed by atoms with van der Waals surface area (Å²) in [4.78, 5) is 20.6. The number of amides is 1. The third kappa shape index (κ3) is 5.50. The number of hydrogen-bond acceptors (Lipinski definition) is 5. The molecule has 1 amide bonds. The number of thioether (sulfide) groups is 2. The van der Waals surface area contributed by atoms with Crippen molar-refractivity contribution in [3.8, 4) is 0 Å². The van der Waals surface area contributed by atoms with Crippen molar-refractivity contribution in [3.63, 3.8) is 0 Å². The average molecular weight is 402 g/mol. The van der Waals surface area contributed by atoms with Crippen molar-refractivity contribution in [1.29, 1.82) is 0 Å². The molecule has 3 rings (SSSR count). The van der Waals surface area contributed by atoms with Crippen molar-refractivity contribution in [2.75, 3.05) is 32.1 Å². The normalized spacial score (nSPS) is 15.6. The summed E-state index contributed by atoms with van der Waals surface area (Å²) in [6.07, 6.45) is 8.07. The highest BCUT2D eigenvalue weighted by Crippen LogP contribution is 2.24. The second-order valence-corrected chi connectivity index (χ2v) is 8.44. The minimum Gasteiger partial charge on any atom is -0.352 e. The number of hydrogen-bond donors (Lipinski definition) is 1. The maximum absolute atomic E-state index is 12.5. The van der Waals surface area contributed by atoms with Gasteiger partial charge in [0.15, 0.2) is 0 Å². The highest BCUT2D eigenvalue weighted by Gasteiger charge is 2.21. The van der Waals surface area contributed by atoms with Gasteiger partial charge in [-0.2, -0.15) is 0 Å². The number of rotatable bonds is 7. The van der Waals surface area contributed by atoms with Crippen molar-refractivity contribution in [1.82, 2.24) is 15.2 Å². The monoisotopic (exact) mass is 401 g/mol. The molecule has 0 saturated carbocycles. The van der Waals surface area contributed by atoms with E-state index in [9.17, 15) is 4.79 Å². The summed E-state index contributed by atoms with van der Waals surface area (Å²) in [6, 6.07) is 12.3. The van der Waals surface area contributed by atoms with E-state index in [1.54, 1.807) is 6.20 Å². The number of benzene rings is 1. The van der Waals surface area contributed by atoms with Crippen molar-refractivity contribution in [2.45, 2.75) is 29.3 Å². The van der Waals surface area contributed by atoms with Crippen LogP contribution < -0.4 is 5.32 Å². The highest BCUT2D eigenvalue weighted by molar-refractivity contribution is 7.98. The Kier molecular flexibility index (Phi) is 7.61. The lowest BCUT2D eigenvalue weighted by atomic mass is 9.96. The van der Waals surface area contributed by atoms with Gasteiger partial charge < -0.3 is 5.32 Å². The SMILES string of the molecule is CSc1ccccc1CN1CCC(CNC(=O)c2cccnc2SC)CC1. The fourth-order valence-corrected chi connectivity index (χ4v) is 4.64. The van der Waals surface area contributed by atoms with E-state index in [2.05, 4.69) is 45.7 Å². The number of likely N-dealkylation sites (tertiary alicyclic amines) is 1. The molecule has 0 radical (unpaired) electrons. The Morgan fingerprint density at radius 2 is 1.93 bits per heavy atom. The zero-order valence-corrected chi connectivity index (χ0v) is 17.6. The number of carbonyl (C=O) groups excluding carboxylic acids is 1. The molecule has 144 valence electrons. The van der Waals surface area contributed by atoms with Gasteiger partial charge >= 0.3 is 0 Å². The summed E-state index contributed by atoms with van der Waals surface area (Å²) in [6.45, 7) is 3.94. The molecule has 2 heterocycles. The van der Waals surface area contributed by atoms with Crippen LogP contribution >= 0.6 is 23.5 Å². The predicted octanol–water partition coefficient (Wildman–Crippen LogP) is 4.17. The first-order valence-corrected chi connectivity index (χ1v) is 11.8. The molecular weight excluding hydrogens is 374 g/mol. The van der Waals surface area contributed by atoms with Crippen LogP contribution in [0.1, 0.15) is 28.8 Å². The lowest BCUT2D eigenvalue weighted by molar-refractivity contribution is 0.0931. The fraction of sp³-hybridized carbons (Fsp3) is 0.429. The number of aromatic nitrogens is 1. The molecule has 27 heavy (non-hydrogen) atoms. The highest BCUT2D eigenvalue weighted by atomic mass is 32.2. The van der Waals surface area contributed by atoms with Crippen molar-refractivity contribution in [2.24, 2.45) is 5.92 Å². The summed E-state index contributed by atoms with van der Waals surface area (Å²) in [5.74, 6) is 0.541. The molecule has 0 atom stereocenters. The summed E-state index contributed by atoms with van der Waals surface area (Å²) in [5.41, 5.74) is 2.09. The first-order chi connectivity index (χ1) is 13.2. The number of nitrogens with one attached hydrogen (secondary N) is 1. The van der Waals surface area contributed by atoms with Gasteiger partial charge in [0.25, 0.3) is 5.91 Å². The molecule has 4 nitrogen and oxygen atoms in total. The Bertz CT molecular complexity index is 761. The van der Waals surface area contributed by atoms with Gasteiger partial charge in [0.1, 0.15) is 5.03 Å². The van der Waals surface area contributed by atoms with Crippen LogP contribution in [-0.2, 0) is 6.54 Å². The maximum atomic E-state index is 12.5. The van der Waals surface area contributed by atoms with E-state index in [0.717, 1.165) is 44.0 Å². The largest absolute Gasteiger partial charge is 0.352 e. The molecule has 1 aliphatic rings. The molecule has 0 aliphatic carbocycles. The molecule has 6 heteroatoms. The zero-order chi connectivity index (χ0) is 19.1. The zero-order valence-electron chi connectivity index (χ0n) is 16.0. The van der Waals surface area contributed by atoms with E-state index in [1.807, 2.05) is 30.2 Å². The van der Waals surface area contributed by atoms with Gasteiger partial charge in [0.05, 0.1) is 5.56 Å². The van der Waals surface area contributed by atoms with Crippen molar-refractivity contribution in [3.05, 3.63) is 53.7 Å². The van der Waals surface area contributed by atoms with Gasteiger partial charge in [-0.05, 0) is 68.1 Å². The quantitative estimate of drug-likeness (QED) is 0.706. The smallest absolute Gasteiger partial charge is 0.254 e. The second kappa shape index (κ2) is 10.2. The van der Waals surface area contributed by atoms with Gasteiger partial charge in [0, 0.05) is 24.2 Å². The molecule has 0 unspecified atom stereocenters. The Labute approximate surface area is 170 Å². The van der Waals surface area contributed by atoms with E-state index in [1.165, 1.54) is 22.2 Å². The molecular formula is C21H27N3OS2. The van der Waals surface area contributed by atoms with Gasteiger partial charge in [-0.15, -0.1) is 23.5 Å². The minimum atomic E-state index is -0.0104. The van der Waals surface area contributed by atoms with Crippen LogP contribution in [0.5, 0.6) is 0 Å². The Morgan fingerprint density at radius 1 is 1.15 bits per heavy atom.